The van der Waals surface area contributed by atoms with E-state index in [1.165, 1.54) is 0 Å². The Morgan fingerprint density at radius 2 is 2.06 bits per heavy atom. The number of hydrogen-bond donors (Lipinski definition) is 2. The molecule has 2 aromatic rings. The van der Waals surface area contributed by atoms with E-state index in [1.807, 2.05) is 31.2 Å². The third kappa shape index (κ3) is 2.20. The van der Waals surface area contributed by atoms with Crippen molar-refractivity contribution in [2.24, 2.45) is 0 Å². The summed E-state index contributed by atoms with van der Waals surface area (Å²) in [5.74, 6) is -0.485. The monoisotopic (exact) mass is 245 g/mol. The maximum Gasteiger partial charge on any atom is 0.358 e. The molecule has 0 saturated heterocycles. The predicted octanol–water partition coefficient (Wildman–Crippen LogP) is 2.14. The first-order valence-corrected chi connectivity index (χ1v) is 5.71. The second-order valence-corrected chi connectivity index (χ2v) is 3.95. The lowest BCUT2D eigenvalue weighted by Gasteiger charge is -2.01. The van der Waals surface area contributed by atoms with E-state index in [4.69, 9.17) is 10.5 Å². The summed E-state index contributed by atoms with van der Waals surface area (Å²) in [7, 11) is 0. The summed E-state index contributed by atoms with van der Waals surface area (Å²) in [6, 6.07) is 7.76. The fourth-order valence-electron chi connectivity index (χ4n) is 1.64. The lowest BCUT2D eigenvalue weighted by molar-refractivity contribution is 0.0520. The largest absolute Gasteiger partial charge is 0.461 e. The molecule has 5 nitrogen and oxygen atoms in total. The van der Waals surface area contributed by atoms with E-state index in [1.54, 1.807) is 6.92 Å². The molecule has 3 N–H and O–H groups in total. The molecule has 0 atom stereocenters. The Balaban J connectivity index is 2.36. The second-order valence-electron chi connectivity index (χ2n) is 3.95. The van der Waals surface area contributed by atoms with Gasteiger partial charge >= 0.3 is 5.97 Å². The fraction of sp³-hybridized carbons (Fsp3) is 0.231. The molecule has 5 heteroatoms. The van der Waals surface area contributed by atoms with E-state index in [2.05, 4.69) is 10.2 Å². The van der Waals surface area contributed by atoms with Gasteiger partial charge in [0.05, 0.1) is 12.3 Å². The number of esters is 1. The van der Waals surface area contributed by atoms with Gasteiger partial charge in [0.2, 0.25) is 0 Å². The fourth-order valence-corrected chi connectivity index (χ4v) is 1.64. The van der Waals surface area contributed by atoms with Crippen LogP contribution in [-0.2, 0) is 4.74 Å². The first-order chi connectivity index (χ1) is 8.63. The number of benzene rings is 1. The number of H-pyrrole nitrogens is 1. The Labute approximate surface area is 105 Å². The smallest absolute Gasteiger partial charge is 0.358 e. The van der Waals surface area contributed by atoms with Crippen LogP contribution in [0.1, 0.15) is 23.0 Å². The number of aromatic nitrogens is 2. The summed E-state index contributed by atoms with van der Waals surface area (Å²) >= 11 is 0. The van der Waals surface area contributed by atoms with Gasteiger partial charge in [-0.3, -0.25) is 5.10 Å². The molecule has 1 heterocycles. The van der Waals surface area contributed by atoms with Gasteiger partial charge in [0.1, 0.15) is 5.69 Å². The predicted molar refractivity (Wildman–Crippen MR) is 69.1 cm³/mol. The van der Waals surface area contributed by atoms with Crippen molar-refractivity contribution in [3.8, 4) is 11.3 Å². The molecule has 0 radical (unpaired) electrons. The molecule has 0 bridgehead atoms. The quantitative estimate of drug-likeness (QED) is 0.812. The number of anilines is 1. The highest BCUT2D eigenvalue weighted by molar-refractivity contribution is 5.96. The Bertz CT molecular complexity index is 558. The van der Waals surface area contributed by atoms with Crippen LogP contribution in [-0.4, -0.2) is 22.8 Å². The normalized spacial score (nSPS) is 10.3. The topological polar surface area (TPSA) is 81.0 Å². The number of nitrogens with two attached hydrogens (primary N) is 1. The maximum atomic E-state index is 11.6. The van der Waals surface area contributed by atoms with Crippen LogP contribution in [0.2, 0.25) is 0 Å². The first kappa shape index (κ1) is 12.2. The number of aryl methyl sites for hydroxylation is 1. The molecule has 1 aromatic carbocycles. The molecular formula is C13H15N3O2. The molecule has 0 aliphatic carbocycles. The second kappa shape index (κ2) is 4.91. The summed E-state index contributed by atoms with van der Waals surface area (Å²) in [6.45, 7) is 4.05. The van der Waals surface area contributed by atoms with Crippen molar-refractivity contribution >= 4 is 11.7 Å². The van der Waals surface area contributed by atoms with Crippen LogP contribution >= 0.6 is 0 Å². The highest BCUT2D eigenvalue weighted by atomic mass is 16.5. The highest BCUT2D eigenvalue weighted by Crippen LogP contribution is 2.26. The summed E-state index contributed by atoms with van der Waals surface area (Å²) in [5, 5.41) is 6.69. The van der Waals surface area contributed by atoms with Crippen LogP contribution in [0.15, 0.2) is 24.3 Å². The van der Waals surface area contributed by atoms with Gasteiger partial charge in [-0.15, -0.1) is 0 Å². The minimum atomic E-state index is -0.485. The van der Waals surface area contributed by atoms with Crippen molar-refractivity contribution < 1.29 is 9.53 Å². The van der Waals surface area contributed by atoms with Gasteiger partial charge in [-0.1, -0.05) is 29.8 Å². The number of carbonyl (C=O) groups excluding carboxylic acids is 1. The summed E-state index contributed by atoms with van der Waals surface area (Å²) in [6.07, 6.45) is 0. The van der Waals surface area contributed by atoms with Crippen molar-refractivity contribution in [2.45, 2.75) is 13.8 Å². The average Bonchev–Trinajstić information content (AvgIpc) is 2.73. The molecule has 0 aliphatic heterocycles. The average molecular weight is 245 g/mol. The van der Waals surface area contributed by atoms with Crippen LogP contribution in [0.5, 0.6) is 0 Å². The van der Waals surface area contributed by atoms with Gasteiger partial charge in [0.15, 0.2) is 5.69 Å². The Kier molecular flexibility index (Phi) is 3.32. The van der Waals surface area contributed by atoms with E-state index in [9.17, 15) is 4.79 Å². The number of carbonyl (C=O) groups is 1. The van der Waals surface area contributed by atoms with Crippen molar-refractivity contribution in [2.75, 3.05) is 12.3 Å². The standard InChI is InChI=1S/C13H15N3O2/c1-3-18-13(17)12-10(14)11(15-16-12)9-6-4-8(2)5-7-9/h4-7H,3,14H2,1-2H3,(H,15,16). The van der Waals surface area contributed by atoms with E-state index < -0.39 is 5.97 Å². The SMILES string of the molecule is CCOC(=O)c1[nH]nc(-c2ccc(C)cc2)c1N. The van der Waals surface area contributed by atoms with Gasteiger partial charge in [0.25, 0.3) is 0 Å². The zero-order chi connectivity index (χ0) is 13.1. The van der Waals surface area contributed by atoms with Crippen LogP contribution in [0, 0.1) is 6.92 Å². The molecule has 0 unspecified atom stereocenters. The summed E-state index contributed by atoms with van der Waals surface area (Å²) in [4.78, 5) is 11.6. The van der Waals surface area contributed by atoms with Crippen LogP contribution in [0.25, 0.3) is 11.3 Å². The van der Waals surface area contributed by atoms with E-state index in [0.29, 0.717) is 18.0 Å². The molecule has 0 saturated carbocycles. The lowest BCUT2D eigenvalue weighted by atomic mass is 10.1. The van der Waals surface area contributed by atoms with Gasteiger partial charge < -0.3 is 10.5 Å². The zero-order valence-corrected chi connectivity index (χ0v) is 10.4. The number of nitrogen functional groups attached to an aromatic ring is 1. The Morgan fingerprint density at radius 3 is 2.67 bits per heavy atom. The van der Waals surface area contributed by atoms with Gasteiger partial charge in [-0.2, -0.15) is 5.10 Å². The van der Waals surface area contributed by atoms with Crippen molar-refractivity contribution in [1.82, 2.24) is 10.2 Å². The Hall–Kier alpha value is -2.30. The molecule has 0 amide bonds. The minimum absolute atomic E-state index is 0.201. The molecular weight excluding hydrogens is 230 g/mol. The lowest BCUT2D eigenvalue weighted by Crippen LogP contribution is -2.07. The molecule has 18 heavy (non-hydrogen) atoms. The molecule has 0 aliphatic rings. The number of aromatic amines is 1. The molecule has 0 spiro atoms. The third-order valence-electron chi connectivity index (χ3n) is 2.61. The van der Waals surface area contributed by atoms with Gasteiger partial charge in [-0.25, -0.2) is 4.79 Å². The van der Waals surface area contributed by atoms with Crippen LogP contribution in [0.3, 0.4) is 0 Å². The molecule has 0 fully saturated rings. The van der Waals surface area contributed by atoms with Gasteiger partial charge in [-0.05, 0) is 13.8 Å². The molecule has 1 aromatic heterocycles. The number of hydrogen-bond acceptors (Lipinski definition) is 4. The maximum absolute atomic E-state index is 11.6. The van der Waals surface area contributed by atoms with E-state index >= 15 is 0 Å². The number of ether oxygens (including phenoxy) is 1. The number of nitrogens with one attached hydrogen (secondary N) is 1. The number of rotatable bonds is 3. The summed E-state index contributed by atoms with van der Waals surface area (Å²) < 4.78 is 4.89. The molecule has 2 rings (SSSR count). The first-order valence-electron chi connectivity index (χ1n) is 5.71. The van der Waals surface area contributed by atoms with Crippen LogP contribution < -0.4 is 5.73 Å². The zero-order valence-electron chi connectivity index (χ0n) is 10.4. The van der Waals surface area contributed by atoms with Crippen LogP contribution in [0.4, 0.5) is 5.69 Å². The van der Waals surface area contributed by atoms with Crippen molar-refractivity contribution in [1.29, 1.82) is 0 Å². The Morgan fingerprint density at radius 1 is 1.39 bits per heavy atom. The van der Waals surface area contributed by atoms with Gasteiger partial charge in [0, 0.05) is 5.56 Å². The van der Waals surface area contributed by atoms with E-state index in [0.717, 1.165) is 11.1 Å². The van der Waals surface area contributed by atoms with Crippen molar-refractivity contribution in [3.63, 3.8) is 0 Å². The van der Waals surface area contributed by atoms with Crippen molar-refractivity contribution in [3.05, 3.63) is 35.5 Å². The van der Waals surface area contributed by atoms with E-state index in [-0.39, 0.29) is 5.69 Å². The highest BCUT2D eigenvalue weighted by Gasteiger charge is 2.18. The third-order valence-corrected chi connectivity index (χ3v) is 2.61. The summed E-state index contributed by atoms with van der Waals surface area (Å²) in [5.41, 5.74) is 9.01. The number of nitrogens with zero attached hydrogens (tertiary/aromatic N) is 1. The minimum Gasteiger partial charge on any atom is -0.461 e. The molecule has 94 valence electrons.